The number of ether oxygens (including phenoxy) is 2. The number of hydrogen-bond donors (Lipinski definition) is 1. The third-order valence-electron chi connectivity index (χ3n) is 4.93. The second kappa shape index (κ2) is 9.64. The molecule has 1 atom stereocenters. The van der Waals surface area contributed by atoms with Crippen LogP contribution in [-0.4, -0.2) is 34.5 Å². The van der Waals surface area contributed by atoms with Crippen molar-refractivity contribution in [2.45, 2.75) is 18.9 Å². The fourth-order valence-corrected chi connectivity index (χ4v) is 3.42. The van der Waals surface area contributed by atoms with Crippen molar-refractivity contribution in [1.29, 1.82) is 5.26 Å². The van der Waals surface area contributed by atoms with Crippen LogP contribution in [0.3, 0.4) is 0 Å². The van der Waals surface area contributed by atoms with Crippen LogP contribution >= 0.6 is 11.6 Å². The molecule has 8 nitrogen and oxygen atoms in total. The largest absolute Gasteiger partial charge is 0.438 e. The van der Waals surface area contributed by atoms with Crippen LogP contribution in [0.5, 0.6) is 11.6 Å². The molecule has 0 aliphatic carbocycles. The predicted molar refractivity (Wildman–Crippen MR) is 119 cm³/mol. The Bertz CT molecular complexity index is 1270. The van der Waals surface area contributed by atoms with E-state index < -0.39 is 11.5 Å². The number of nitrogens with one attached hydrogen (secondary N) is 1. The third-order valence-corrected chi connectivity index (χ3v) is 5.18. The summed E-state index contributed by atoms with van der Waals surface area (Å²) in [7, 11) is 0. The quantitative estimate of drug-likeness (QED) is 0.456. The van der Waals surface area contributed by atoms with E-state index in [4.69, 9.17) is 21.1 Å². The molecule has 1 fully saturated rings. The van der Waals surface area contributed by atoms with Crippen LogP contribution in [0, 0.1) is 11.3 Å². The highest BCUT2D eigenvalue weighted by Gasteiger charge is 2.20. The Balaban J connectivity index is 1.72. The van der Waals surface area contributed by atoms with E-state index in [1.54, 1.807) is 48.7 Å². The molecule has 1 N–H and O–H groups in total. The molecule has 0 bridgehead atoms. The van der Waals surface area contributed by atoms with E-state index in [2.05, 4.69) is 10.3 Å². The maximum Gasteiger partial charge on any atom is 0.269 e. The molecule has 0 spiro atoms. The molecular formula is C23H19ClN4O4. The summed E-state index contributed by atoms with van der Waals surface area (Å²) in [6.45, 7) is 0.952. The van der Waals surface area contributed by atoms with Gasteiger partial charge in [-0.1, -0.05) is 17.7 Å². The molecule has 1 amide bonds. The molecule has 1 saturated heterocycles. The van der Waals surface area contributed by atoms with Crippen molar-refractivity contribution < 1.29 is 14.3 Å². The van der Waals surface area contributed by atoms with E-state index >= 15 is 0 Å². The van der Waals surface area contributed by atoms with E-state index in [9.17, 15) is 14.9 Å². The average molecular weight is 451 g/mol. The van der Waals surface area contributed by atoms with Crippen molar-refractivity contribution in [2.75, 3.05) is 13.2 Å². The van der Waals surface area contributed by atoms with Gasteiger partial charge in [-0.05, 0) is 55.3 Å². The zero-order valence-corrected chi connectivity index (χ0v) is 17.7. The van der Waals surface area contributed by atoms with Gasteiger partial charge >= 0.3 is 0 Å². The van der Waals surface area contributed by atoms with E-state index in [1.807, 2.05) is 6.07 Å². The lowest BCUT2D eigenvalue weighted by atomic mass is 10.1. The zero-order chi connectivity index (χ0) is 22.5. The van der Waals surface area contributed by atoms with Gasteiger partial charge in [-0.25, -0.2) is 0 Å². The monoisotopic (exact) mass is 450 g/mol. The minimum atomic E-state index is -0.599. The standard InChI is InChI=1S/C23H19ClN4O4/c24-16-6-8-17(9-7-16)32-22-19(23(30)28-10-2-1-5-20(28)27-22)12-15(13-25)21(29)26-14-18-4-3-11-31-18/h1-2,5-10,12,18H,3-4,11,14H2,(H,26,29)/b15-12+/t18-/m1/s1. The number of carbonyl (C=O) groups excluding carboxylic acids is 1. The molecule has 162 valence electrons. The Morgan fingerprint density at radius 3 is 2.88 bits per heavy atom. The Labute approximate surface area is 188 Å². The van der Waals surface area contributed by atoms with Gasteiger partial charge in [0.15, 0.2) is 0 Å². The average Bonchev–Trinajstić information content (AvgIpc) is 3.33. The van der Waals surface area contributed by atoms with Crippen LogP contribution in [0.2, 0.25) is 5.02 Å². The van der Waals surface area contributed by atoms with Gasteiger partial charge in [-0.15, -0.1) is 0 Å². The zero-order valence-electron chi connectivity index (χ0n) is 17.0. The number of carbonyl (C=O) groups is 1. The van der Waals surface area contributed by atoms with Crippen LogP contribution in [0.1, 0.15) is 18.4 Å². The van der Waals surface area contributed by atoms with Gasteiger partial charge in [-0.3, -0.25) is 14.0 Å². The lowest BCUT2D eigenvalue weighted by molar-refractivity contribution is -0.117. The van der Waals surface area contributed by atoms with Crippen LogP contribution in [-0.2, 0) is 9.53 Å². The summed E-state index contributed by atoms with van der Waals surface area (Å²) in [5.74, 6) is -0.223. The molecule has 1 aliphatic heterocycles. The molecule has 9 heteroatoms. The first-order valence-corrected chi connectivity index (χ1v) is 10.4. The molecule has 2 aromatic heterocycles. The minimum Gasteiger partial charge on any atom is -0.438 e. The molecule has 32 heavy (non-hydrogen) atoms. The number of rotatable bonds is 6. The smallest absolute Gasteiger partial charge is 0.269 e. The molecule has 1 aliphatic rings. The van der Waals surface area contributed by atoms with Gasteiger partial charge in [0.2, 0.25) is 5.88 Å². The molecule has 3 heterocycles. The van der Waals surface area contributed by atoms with Gasteiger partial charge < -0.3 is 14.8 Å². The van der Waals surface area contributed by atoms with Crippen LogP contribution in [0.25, 0.3) is 11.7 Å². The number of aromatic nitrogens is 2. The Morgan fingerprint density at radius 1 is 1.34 bits per heavy atom. The Kier molecular flexibility index (Phi) is 6.50. The summed E-state index contributed by atoms with van der Waals surface area (Å²) < 4.78 is 12.6. The molecule has 0 unspecified atom stereocenters. The normalized spacial score (nSPS) is 16.0. The topological polar surface area (TPSA) is 106 Å². The highest BCUT2D eigenvalue weighted by atomic mass is 35.5. The van der Waals surface area contributed by atoms with Gasteiger partial charge in [-0.2, -0.15) is 10.2 Å². The van der Waals surface area contributed by atoms with Crippen molar-refractivity contribution in [3.63, 3.8) is 0 Å². The molecule has 0 saturated carbocycles. The molecule has 4 rings (SSSR count). The van der Waals surface area contributed by atoms with Crippen molar-refractivity contribution in [1.82, 2.24) is 14.7 Å². The predicted octanol–water partition coefficient (Wildman–Crippen LogP) is 3.34. The van der Waals surface area contributed by atoms with Crippen molar-refractivity contribution in [3.8, 4) is 17.7 Å². The van der Waals surface area contributed by atoms with Gasteiger partial charge in [0.1, 0.15) is 28.6 Å². The number of hydrogen-bond acceptors (Lipinski definition) is 6. The minimum absolute atomic E-state index is 0.0209. The van der Waals surface area contributed by atoms with Crippen molar-refractivity contribution >= 4 is 29.2 Å². The Morgan fingerprint density at radius 2 is 2.16 bits per heavy atom. The van der Waals surface area contributed by atoms with E-state index in [0.717, 1.165) is 12.8 Å². The lowest BCUT2D eigenvalue weighted by Gasteiger charge is -2.11. The summed E-state index contributed by atoms with van der Waals surface area (Å²) in [5, 5.41) is 12.8. The SMILES string of the molecule is N#C/C(=C\c1c(Oc2ccc(Cl)cc2)nc2ccccn2c1=O)C(=O)NC[C@H]1CCCO1. The van der Waals surface area contributed by atoms with Crippen LogP contribution in [0.15, 0.2) is 59.0 Å². The van der Waals surface area contributed by atoms with Crippen molar-refractivity contribution in [2.24, 2.45) is 0 Å². The molecule has 3 aromatic rings. The fourth-order valence-electron chi connectivity index (χ4n) is 3.30. The van der Waals surface area contributed by atoms with Crippen LogP contribution < -0.4 is 15.6 Å². The van der Waals surface area contributed by atoms with Gasteiger partial charge in [0, 0.05) is 24.4 Å². The molecular weight excluding hydrogens is 432 g/mol. The van der Waals surface area contributed by atoms with E-state index in [-0.39, 0.29) is 23.1 Å². The highest BCUT2D eigenvalue weighted by Crippen LogP contribution is 2.25. The van der Waals surface area contributed by atoms with Crippen molar-refractivity contribution in [3.05, 3.63) is 75.2 Å². The number of pyridine rings is 1. The molecule has 0 radical (unpaired) electrons. The number of nitriles is 1. The second-order valence-corrected chi connectivity index (χ2v) is 7.57. The lowest BCUT2D eigenvalue weighted by Crippen LogP contribution is -2.32. The summed E-state index contributed by atoms with van der Waals surface area (Å²) in [6.07, 6.45) is 4.46. The number of amides is 1. The second-order valence-electron chi connectivity index (χ2n) is 7.14. The van der Waals surface area contributed by atoms with Gasteiger partial charge in [0.05, 0.1) is 6.10 Å². The maximum absolute atomic E-state index is 13.2. The number of benzene rings is 1. The van der Waals surface area contributed by atoms with Crippen LogP contribution in [0.4, 0.5) is 0 Å². The number of fused-ring (bicyclic) bond motifs is 1. The first-order chi connectivity index (χ1) is 15.5. The summed E-state index contributed by atoms with van der Waals surface area (Å²) >= 11 is 5.93. The first-order valence-electron chi connectivity index (χ1n) is 10.0. The molecule has 1 aromatic carbocycles. The van der Waals surface area contributed by atoms with E-state index in [0.29, 0.717) is 29.6 Å². The fraction of sp³-hybridized carbons (Fsp3) is 0.217. The van der Waals surface area contributed by atoms with Gasteiger partial charge in [0.25, 0.3) is 11.5 Å². The summed E-state index contributed by atoms with van der Waals surface area (Å²) in [5.41, 5.74) is -0.370. The van der Waals surface area contributed by atoms with E-state index in [1.165, 1.54) is 10.5 Å². The number of nitrogens with zero attached hydrogens (tertiary/aromatic N) is 3. The summed E-state index contributed by atoms with van der Waals surface area (Å²) in [4.78, 5) is 30.1. The number of halogens is 1. The first kappa shape index (κ1) is 21.6. The highest BCUT2D eigenvalue weighted by molar-refractivity contribution is 6.30. The third kappa shape index (κ3) is 4.80. The summed E-state index contributed by atoms with van der Waals surface area (Å²) in [6, 6.07) is 13.5. The Hall–Kier alpha value is -3.67. The maximum atomic E-state index is 13.2.